The normalized spacial score (nSPS) is 13.4. The molecule has 0 bridgehead atoms. The van der Waals surface area contributed by atoms with E-state index in [0.717, 1.165) is 57.3 Å². The van der Waals surface area contributed by atoms with Gasteiger partial charge in [0.2, 0.25) is 0 Å². The fourth-order valence-electron chi connectivity index (χ4n) is 8.54. The van der Waals surface area contributed by atoms with Gasteiger partial charge in [-0.2, -0.15) is 0 Å². The molecule has 6 nitrogen and oxygen atoms in total. The third-order valence-electron chi connectivity index (χ3n) is 11.3. The Balaban J connectivity index is 1.17. The lowest BCUT2D eigenvalue weighted by atomic mass is 9.88. The van der Waals surface area contributed by atoms with Crippen LogP contribution < -0.4 is 14.5 Å². The summed E-state index contributed by atoms with van der Waals surface area (Å²) in [6.45, 7) is 14.3. The average Bonchev–Trinajstić information content (AvgIpc) is 3.86. The first-order valence-electron chi connectivity index (χ1n) is 19.5. The standard InChI is InChI=1S/C50H45N5O/c1-49(2,3)33-27-28-51-46(29-33)55-45-31-37(56-36-18-14-17-35(30-36)52-32-53(50(4,5)6)44-22-13-12-21-43(44)52)23-24-39(45)41-26-25-40-38-19-10-11-20-42(38)54(47(40)48(41)55)34-15-8-7-9-16-34/h7-31H,32H2,1-6H3. The Morgan fingerprint density at radius 3 is 1.93 bits per heavy atom. The maximum Gasteiger partial charge on any atom is 0.137 e. The minimum absolute atomic E-state index is 0.0187. The van der Waals surface area contributed by atoms with Crippen LogP contribution in [0.3, 0.4) is 0 Å². The van der Waals surface area contributed by atoms with Crippen LogP contribution in [-0.2, 0) is 5.41 Å². The molecule has 0 fully saturated rings. The Morgan fingerprint density at radius 1 is 0.518 bits per heavy atom. The van der Waals surface area contributed by atoms with Crippen molar-refractivity contribution in [1.29, 1.82) is 0 Å². The second-order valence-corrected chi connectivity index (χ2v) is 17.0. The van der Waals surface area contributed by atoms with Crippen LogP contribution in [0, 0.1) is 0 Å². The number of hydrogen-bond acceptors (Lipinski definition) is 4. The maximum absolute atomic E-state index is 6.78. The smallest absolute Gasteiger partial charge is 0.137 e. The zero-order valence-electron chi connectivity index (χ0n) is 32.8. The summed E-state index contributed by atoms with van der Waals surface area (Å²) in [6, 6.07) is 52.0. The summed E-state index contributed by atoms with van der Waals surface area (Å²) in [6.07, 6.45) is 1.95. The van der Waals surface area contributed by atoms with Crippen LogP contribution in [-0.4, -0.2) is 26.3 Å². The van der Waals surface area contributed by atoms with Crippen LogP contribution in [0.25, 0.3) is 55.1 Å². The van der Waals surface area contributed by atoms with Crippen molar-refractivity contribution in [2.45, 2.75) is 52.5 Å². The van der Waals surface area contributed by atoms with Crippen molar-refractivity contribution >= 4 is 60.7 Å². The van der Waals surface area contributed by atoms with E-state index in [1.165, 1.54) is 38.6 Å². The van der Waals surface area contributed by atoms with Crippen LogP contribution in [0.1, 0.15) is 47.1 Å². The van der Waals surface area contributed by atoms with E-state index >= 15 is 0 Å². The van der Waals surface area contributed by atoms with Crippen molar-refractivity contribution in [1.82, 2.24) is 14.1 Å². The van der Waals surface area contributed by atoms with Gasteiger partial charge in [0.15, 0.2) is 0 Å². The monoisotopic (exact) mass is 731 g/mol. The van der Waals surface area contributed by atoms with Gasteiger partial charge in [0, 0.05) is 56.8 Å². The van der Waals surface area contributed by atoms with Gasteiger partial charge in [-0.15, -0.1) is 0 Å². The SMILES string of the molecule is CC(C)(C)c1ccnc(-n2c3cc(Oc4cccc(N5CN(C(C)(C)C)c6ccccc65)c4)ccc3c3ccc4c5ccccc5n(-c5ccccc5)c4c32)c1. The molecule has 1 aliphatic rings. The Kier molecular flexibility index (Phi) is 7.59. The number of aromatic nitrogens is 3. The van der Waals surface area contributed by atoms with Crippen molar-refractivity contribution in [3.63, 3.8) is 0 Å². The van der Waals surface area contributed by atoms with Gasteiger partial charge in [-0.25, -0.2) is 4.98 Å². The predicted octanol–water partition coefficient (Wildman–Crippen LogP) is 13.1. The third-order valence-corrected chi connectivity index (χ3v) is 11.3. The molecule has 6 aromatic carbocycles. The molecule has 0 aliphatic carbocycles. The largest absolute Gasteiger partial charge is 0.457 e. The molecule has 0 atom stereocenters. The molecule has 0 unspecified atom stereocenters. The predicted molar refractivity (Wildman–Crippen MR) is 234 cm³/mol. The van der Waals surface area contributed by atoms with Gasteiger partial charge in [-0.05, 0) is 98.5 Å². The number of pyridine rings is 1. The van der Waals surface area contributed by atoms with Crippen LogP contribution >= 0.6 is 0 Å². The molecule has 9 aromatic rings. The second kappa shape index (κ2) is 12.5. The number of ether oxygens (including phenoxy) is 1. The van der Waals surface area contributed by atoms with E-state index in [1.54, 1.807) is 0 Å². The molecular weight excluding hydrogens is 687 g/mol. The Bertz CT molecular complexity index is 2960. The molecule has 0 saturated carbocycles. The maximum atomic E-state index is 6.78. The first kappa shape index (κ1) is 34.0. The number of benzene rings is 6. The van der Waals surface area contributed by atoms with Crippen molar-refractivity contribution in [3.05, 3.63) is 157 Å². The molecule has 10 rings (SSSR count). The molecule has 56 heavy (non-hydrogen) atoms. The molecule has 0 radical (unpaired) electrons. The minimum atomic E-state index is -0.0518. The van der Waals surface area contributed by atoms with Crippen LogP contribution in [0.5, 0.6) is 11.5 Å². The van der Waals surface area contributed by atoms with E-state index in [1.807, 2.05) is 12.3 Å². The molecule has 6 heteroatoms. The number of para-hydroxylation sites is 4. The summed E-state index contributed by atoms with van der Waals surface area (Å²) in [5, 5.41) is 4.73. The zero-order chi connectivity index (χ0) is 38.3. The first-order valence-corrected chi connectivity index (χ1v) is 19.5. The summed E-state index contributed by atoms with van der Waals surface area (Å²) in [4.78, 5) is 9.91. The first-order chi connectivity index (χ1) is 27.0. The Morgan fingerprint density at radius 2 is 1.16 bits per heavy atom. The minimum Gasteiger partial charge on any atom is -0.457 e. The number of hydrogen-bond donors (Lipinski definition) is 0. The van der Waals surface area contributed by atoms with E-state index in [2.05, 4.69) is 200 Å². The number of anilines is 3. The second-order valence-electron chi connectivity index (χ2n) is 17.0. The average molecular weight is 732 g/mol. The molecular formula is C50H45N5O. The summed E-state index contributed by atoms with van der Waals surface area (Å²) in [5.74, 6) is 2.43. The van der Waals surface area contributed by atoms with Crippen molar-refractivity contribution < 1.29 is 4.74 Å². The lowest BCUT2D eigenvalue weighted by Crippen LogP contribution is -2.42. The molecule has 0 N–H and O–H groups in total. The quantitative estimate of drug-likeness (QED) is 0.177. The van der Waals surface area contributed by atoms with Crippen LogP contribution in [0.2, 0.25) is 0 Å². The summed E-state index contributed by atoms with van der Waals surface area (Å²) >= 11 is 0. The highest BCUT2D eigenvalue weighted by Gasteiger charge is 2.33. The number of nitrogens with zero attached hydrogens (tertiary/aromatic N) is 5. The zero-order valence-corrected chi connectivity index (χ0v) is 32.8. The van der Waals surface area contributed by atoms with Gasteiger partial charge in [-0.1, -0.05) is 87.5 Å². The van der Waals surface area contributed by atoms with Gasteiger partial charge in [0.1, 0.15) is 17.3 Å². The molecule has 276 valence electrons. The topological polar surface area (TPSA) is 38.5 Å². The van der Waals surface area contributed by atoms with E-state index < -0.39 is 0 Å². The van der Waals surface area contributed by atoms with Crippen molar-refractivity contribution in [2.24, 2.45) is 0 Å². The van der Waals surface area contributed by atoms with Gasteiger partial charge in [-0.3, -0.25) is 4.57 Å². The van der Waals surface area contributed by atoms with Crippen LogP contribution in [0.4, 0.5) is 17.1 Å². The molecule has 0 amide bonds. The molecule has 4 heterocycles. The lowest BCUT2D eigenvalue weighted by Gasteiger charge is -2.34. The number of fused-ring (bicyclic) bond motifs is 8. The highest BCUT2D eigenvalue weighted by molar-refractivity contribution is 6.23. The summed E-state index contributed by atoms with van der Waals surface area (Å²) in [7, 11) is 0. The highest BCUT2D eigenvalue weighted by Crippen LogP contribution is 2.45. The Labute approximate surface area is 327 Å². The van der Waals surface area contributed by atoms with E-state index in [0.29, 0.717) is 0 Å². The van der Waals surface area contributed by atoms with Crippen molar-refractivity contribution in [2.75, 3.05) is 16.5 Å². The van der Waals surface area contributed by atoms with E-state index in [-0.39, 0.29) is 11.0 Å². The van der Waals surface area contributed by atoms with Crippen molar-refractivity contribution in [3.8, 4) is 23.0 Å². The van der Waals surface area contributed by atoms with Gasteiger partial charge >= 0.3 is 0 Å². The van der Waals surface area contributed by atoms with Crippen LogP contribution in [0.15, 0.2) is 152 Å². The van der Waals surface area contributed by atoms with Gasteiger partial charge < -0.3 is 19.1 Å². The molecule has 0 saturated heterocycles. The van der Waals surface area contributed by atoms with Gasteiger partial charge in [0.25, 0.3) is 0 Å². The molecule has 3 aromatic heterocycles. The Hall–Kier alpha value is -6.53. The third kappa shape index (κ3) is 5.42. The lowest BCUT2D eigenvalue weighted by molar-refractivity contribution is 0.483. The number of rotatable bonds is 5. The fourth-order valence-corrected chi connectivity index (χ4v) is 8.54. The van der Waals surface area contributed by atoms with Gasteiger partial charge in [0.05, 0.1) is 40.1 Å². The summed E-state index contributed by atoms with van der Waals surface area (Å²) in [5.41, 5.74) is 10.3. The van der Waals surface area contributed by atoms with E-state index in [9.17, 15) is 0 Å². The molecule has 0 spiro atoms. The highest BCUT2D eigenvalue weighted by atomic mass is 16.5. The summed E-state index contributed by atoms with van der Waals surface area (Å²) < 4.78 is 11.5. The molecule has 1 aliphatic heterocycles. The fraction of sp³-hybridized carbons (Fsp3) is 0.180. The van der Waals surface area contributed by atoms with E-state index in [4.69, 9.17) is 9.72 Å².